The molecular weight excluding hydrogens is 472 g/mol. The topological polar surface area (TPSA) is 131 Å². The number of nitrogens with two attached hydrogens (primary N) is 1. The van der Waals surface area contributed by atoms with Crippen LogP contribution in [0.3, 0.4) is 0 Å². The molecule has 4 amide bonds. The minimum Gasteiger partial charge on any atom is -0.444 e. The normalized spacial score (nSPS) is 13.0. The van der Waals surface area contributed by atoms with Gasteiger partial charge in [0.25, 0.3) is 0 Å². The number of alkyl carbamates (subject to hydrolysis) is 1. The maximum absolute atomic E-state index is 14.0. The van der Waals surface area contributed by atoms with Crippen LogP contribution in [-0.4, -0.2) is 52.9 Å². The molecule has 0 aliphatic rings. The lowest BCUT2D eigenvalue weighted by atomic mass is 9.96. The minimum atomic E-state index is -1.10. The highest BCUT2D eigenvalue weighted by molar-refractivity contribution is 5.92. The Bertz CT molecular complexity index is 939. The molecule has 2 unspecified atom stereocenters. The lowest BCUT2D eigenvalue weighted by Crippen LogP contribution is -2.55. The molecule has 208 valence electrons. The molecule has 9 heteroatoms. The highest BCUT2D eigenvalue weighted by Gasteiger charge is 2.37. The van der Waals surface area contributed by atoms with E-state index in [0.717, 1.165) is 30.4 Å². The van der Waals surface area contributed by atoms with Crippen LogP contribution in [0.25, 0.3) is 0 Å². The summed E-state index contributed by atoms with van der Waals surface area (Å²) < 4.78 is 5.35. The van der Waals surface area contributed by atoms with Crippen LogP contribution in [0.5, 0.6) is 0 Å². The molecule has 0 aromatic heterocycles. The van der Waals surface area contributed by atoms with Gasteiger partial charge in [0.2, 0.25) is 17.7 Å². The van der Waals surface area contributed by atoms with E-state index in [2.05, 4.69) is 17.6 Å². The highest BCUT2D eigenvalue weighted by Crippen LogP contribution is 2.27. The second-order valence-electron chi connectivity index (χ2n) is 10.8. The third-order valence-corrected chi connectivity index (χ3v) is 5.93. The Morgan fingerprint density at radius 3 is 2.22 bits per heavy atom. The quantitative estimate of drug-likeness (QED) is 0.339. The predicted molar refractivity (Wildman–Crippen MR) is 145 cm³/mol. The van der Waals surface area contributed by atoms with Gasteiger partial charge in [0.1, 0.15) is 17.7 Å². The van der Waals surface area contributed by atoms with Gasteiger partial charge in [-0.25, -0.2) is 4.79 Å². The van der Waals surface area contributed by atoms with Crippen LogP contribution in [0.1, 0.15) is 96.4 Å². The minimum absolute atomic E-state index is 0.0195. The second-order valence-corrected chi connectivity index (χ2v) is 10.8. The van der Waals surface area contributed by atoms with Crippen molar-refractivity contribution in [3.8, 4) is 0 Å². The van der Waals surface area contributed by atoms with E-state index in [1.54, 1.807) is 20.8 Å². The van der Waals surface area contributed by atoms with Crippen molar-refractivity contribution in [2.75, 3.05) is 6.54 Å². The highest BCUT2D eigenvalue weighted by atomic mass is 16.6. The molecule has 0 saturated heterocycles. The SMILES string of the molecule is CCCCCNC(=O)C(c1ccc(C)c(C)c1)N(C(=O)C(CCC(N)=O)NC(=O)OC(C)(C)C)C(C)C. The van der Waals surface area contributed by atoms with Gasteiger partial charge in [-0.1, -0.05) is 38.0 Å². The Labute approximate surface area is 221 Å². The molecule has 0 aliphatic heterocycles. The van der Waals surface area contributed by atoms with Crippen molar-refractivity contribution in [3.05, 3.63) is 34.9 Å². The molecule has 0 radical (unpaired) electrons. The molecule has 0 heterocycles. The number of carbonyl (C=O) groups excluding carboxylic acids is 4. The van der Waals surface area contributed by atoms with E-state index in [1.807, 2.05) is 45.9 Å². The molecule has 1 aromatic carbocycles. The van der Waals surface area contributed by atoms with Gasteiger partial charge in [-0.3, -0.25) is 14.4 Å². The van der Waals surface area contributed by atoms with Crippen molar-refractivity contribution in [1.82, 2.24) is 15.5 Å². The first kappa shape index (κ1) is 31.9. The first-order chi connectivity index (χ1) is 17.2. The molecule has 2 atom stereocenters. The predicted octanol–water partition coefficient (Wildman–Crippen LogP) is 4.05. The fourth-order valence-corrected chi connectivity index (χ4v) is 3.91. The van der Waals surface area contributed by atoms with Gasteiger partial charge < -0.3 is 26.0 Å². The third kappa shape index (κ3) is 10.8. The number of aryl methyl sites for hydroxylation is 2. The number of unbranched alkanes of at least 4 members (excludes halogenated alkanes) is 2. The summed E-state index contributed by atoms with van der Waals surface area (Å²) in [6.07, 6.45) is 1.91. The van der Waals surface area contributed by atoms with E-state index in [9.17, 15) is 19.2 Å². The number of carbonyl (C=O) groups is 4. The van der Waals surface area contributed by atoms with E-state index in [1.165, 1.54) is 4.90 Å². The van der Waals surface area contributed by atoms with E-state index in [4.69, 9.17) is 10.5 Å². The summed E-state index contributed by atoms with van der Waals surface area (Å²) in [5.74, 6) is -1.39. The standard InChI is InChI=1S/C28H46N4O5/c1-9-10-11-16-30-25(34)24(21-13-12-19(4)20(5)17-21)32(18(2)3)26(35)22(14-15-23(29)33)31-27(36)37-28(6,7)8/h12-13,17-18,22,24H,9-11,14-16H2,1-8H3,(H2,29,33)(H,30,34)(H,31,36). The molecule has 0 aliphatic carbocycles. The van der Waals surface area contributed by atoms with Crippen LogP contribution in [0.4, 0.5) is 4.79 Å². The fourth-order valence-electron chi connectivity index (χ4n) is 3.91. The molecular formula is C28H46N4O5. The third-order valence-electron chi connectivity index (χ3n) is 5.93. The van der Waals surface area contributed by atoms with Crippen molar-refractivity contribution in [2.45, 2.75) is 111 Å². The van der Waals surface area contributed by atoms with Gasteiger partial charge in [0.05, 0.1) is 0 Å². The van der Waals surface area contributed by atoms with Crippen LogP contribution in [0.15, 0.2) is 18.2 Å². The second kappa shape index (κ2) is 14.6. The summed E-state index contributed by atoms with van der Waals surface area (Å²) >= 11 is 0. The Morgan fingerprint density at radius 1 is 1.05 bits per heavy atom. The van der Waals surface area contributed by atoms with Crippen molar-refractivity contribution >= 4 is 23.8 Å². The van der Waals surface area contributed by atoms with Gasteiger partial charge in [-0.05, 0) is 78.0 Å². The fraction of sp³-hybridized carbons (Fsp3) is 0.643. The summed E-state index contributed by atoms with van der Waals surface area (Å²) in [4.78, 5) is 53.1. The summed E-state index contributed by atoms with van der Waals surface area (Å²) in [7, 11) is 0. The van der Waals surface area contributed by atoms with Crippen molar-refractivity contribution in [1.29, 1.82) is 0 Å². The smallest absolute Gasteiger partial charge is 0.408 e. The van der Waals surface area contributed by atoms with Crippen molar-refractivity contribution in [3.63, 3.8) is 0 Å². The van der Waals surface area contributed by atoms with Gasteiger partial charge >= 0.3 is 6.09 Å². The number of rotatable bonds is 13. The van der Waals surface area contributed by atoms with Gasteiger partial charge in [0, 0.05) is 19.0 Å². The maximum Gasteiger partial charge on any atom is 0.408 e. The monoisotopic (exact) mass is 518 g/mol. The molecule has 0 fully saturated rings. The zero-order valence-corrected chi connectivity index (χ0v) is 23.8. The molecule has 0 saturated carbocycles. The maximum atomic E-state index is 14.0. The molecule has 0 bridgehead atoms. The van der Waals surface area contributed by atoms with Crippen LogP contribution >= 0.6 is 0 Å². The number of nitrogens with zero attached hydrogens (tertiary/aromatic N) is 1. The summed E-state index contributed by atoms with van der Waals surface area (Å²) in [6.45, 7) is 15.3. The lowest BCUT2D eigenvalue weighted by molar-refractivity contribution is -0.144. The number of nitrogens with one attached hydrogen (secondary N) is 2. The molecule has 37 heavy (non-hydrogen) atoms. The van der Waals surface area contributed by atoms with Crippen molar-refractivity contribution in [2.24, 2.45) is 5.73 Å². The Hall–Kier alpha value is -3.10. The van der Waals surface area contributed by atoms with Gasteiger partial charge in [-0.15, -0.1) is 0 Å². The summed E-state index contributed by atoms with van der Waals surface area (Å²) in [5.41, 5.74) is 7.30. The number of ether oxygens (including phenoxy) is 1. The van der Waals surface area contributed by atoms with E-state index in [0.29, 0.717) is 12.1 Å². The van der Waals surface area contributed by atoms with Gasteiger partial charge in [-0.2, -0.15) is 0 Å². The summed E-state index contributed by atoms with van der Waals surface area (Å²) in [6, 6.07) is 3.26. The number of primary amides is 1. The summed E-state index contributed by atoms with van der Waals surface area (Å²) in [5, 5.41) is 5.58. The molecule has 1 rings (SSSR count). The number of hydrogen-bond donors (Lipinski definition) is 3. The van der Waals surface area contributed by atoms with Crippen LogP contribution in [-0.2, 0) is 19.1 Å². The van der Waals surface area contributed by atoms with Crippen molar-refractivity contribution < 1.29 is 23.9 Å². The molecule has 4 N–H and O–H groups in total. The number of benzene rings is 1. The largest absolute Gasteiger partial charge is 0.444 e. The Morgan fingerprint density at radius 2 is 1.70 bits per heavy atom. The van der Waals surface area contributed by atoms with Crippen LogP contribution < -0.4 is 16.4 Å². The first-order valence-corrected chi connectivity index (χ1v) is 13.1. The van der Waals surface area contributed by atoms with Gasteiger partial charge in [0.15, 0.2) is 0 Å². The molecule has 9 nitrogen and oxygen atoms in total. The van der Waals surface area contributed by atoms with Crippen LogP contribution in [0.2, 0.25) is 0 Å². The zero-order chi connectivity index (χ0) is 28.3. The molecule has 0 spiro atoms. The van der Waals surface area contributed by atoms with E-state index < -0.39 is 41.6 Å². The lowest BCUT2D eigenvalue weighted by Gasteiger charge is -2.37. The Balaban J connectivity index is 3.45. The first-order valence-electron chi connectivity index (χ1n) is 13.1. The number of amides is 4. The average molecular weight is 519 g/mol. The zero-order valence-electron chi connectivity index (χ0n) is 23.8. The van der Waals surface area contributed by atoms with E-state index in [-0.39, 0.29) is 18.7 Å². The van der Waals surface area contributed by atoms with E-state index >= 15 is 0 Å². The number of hydrogen-bond acceptors (Lipinski definition) is 5. The average Bonchev–Trinajstić information content (AvgIpc) is 2.77. The Kier molecular flexibility index (Phi) is 12.6. The van der Waals surface area contributed by atoms with Crippen LogP contribution in [0, 0.1) is 13.8 Å². The molecule has 1 aromatic rings.